The Morgan fingerprint density at radius 1 is 0.974 bits per heavy atom. The second-order valence-electron chi connectivity index (χ2n) is 8.39. The minimum Gasteiger partial charge on any atom is -0.373 e. The number of nitrogens with zero attached hydrogens (tertiary/aromatic N) is 6. The van der Waals surface area contributed by atoms with Crippen LogP contribution in [0.4, 0.5) is 25.8 Å². The first-order valence-electron chi connectivity index (χ1n) is 11.4. The molecule has 5 aromatic rings. The summed E-state index contributed by atoms with van der Waals surface area (Å²) in [5.41, 5.74) is 3.21. The highest BCUT2D eigenvalue weighted by Crippen LogP contribution is 2.37. The van der Waals surface area contributed by atoms with Crippen LogP contribution in [0.15, 0.2) is 67.0 Å². The van der Waals surface area contributed by atoms with E-state index in [1.807, 2.05) is 6.07 Å². The van der Waals surface area contributed by atoms with Gasteiger partial charge in [-0.05, 0) is 48.0 Å². The van der Waals surface area contributed by atoms with Crippen LogP contribution in [0.2, 0.25) is 10.0 Å². The van der Waals surface area contributed by atoms with Gasteiger partial charge in [0.2, 0.25) is 0 Å². The first-order chi connectivity index (χ1) is 18.9. The molecule has 39 heavy (non-hydrogen) atoms. The highest BCUT2D eigenvalue weighted by molar-refractivity contribution is 6.36. The van der Waals surface area contributed by atoms with Crippen LogP contribution in [0.25, 0.3) is 10.9 Å². The van der Waals surface area contributed by atoms with E-state index in [4.69, 9.17) is 28.5 Å². The van der Waals surface area contributed by atoms with Gasteiger partial charge >= 0.3 is 0 Å². The Hall–Kier alpha value is -4.77. The van der Waals surface area contributed by atoms with Crippen LogP contribution in [-0.4, -0.2) is 20.0 Å². The van der Waals surface area contributed by atoms with Crippen LogP contribution < -0.4 is 10.6 Å². The van der Waals surface area contributed by atoms with E-state index in [2.05, 4.69) is 32.0 Å². The predicted molar refractivity (Wildman–Crippen MR) is 144 cm³/mol. The van der Waals surface area contributed by atoms with E-state index < -0.39 is 17.7 Å². The Morgan fingerprint density at radius 2 is 1.74 bits per heavy atom. The number of benzene rings is 3. The number of hydrogen-bond donors (Lipinski definition) is 2. The Balaban J connectivity index is 1.61. The first kappa shape index (κ1) is 25.9. The van der Waals surface area contributed by atoms with Crippen LogP contribution in [0.3, 0.4) is 0 Å². The van der Waals surface area contributed by atoms with E-state index >= 15 is 0 Å². The lowest BCUT2D eigenvalue weighted by Crippen LogP contribution is -2.13. The number of rotatable bonds is 7. The molecule has 0 saturated carbocycles. The zero-order chi connectivity index (χ0) is 27.5. The van der Waals surface area contributed by atoms with Crippen molar-refractivity contribution < 1.29 is 8.78 Å². The molecule has 0 fully saturated rings. The molecule has 0 aliphatic rings. The molecule has 0 unspecified atom stereocenters. The van der Waals surface area contributed by atoms with Crippen molar-refractivity contribution in [1.82, 2.24) is 20.0 Å². The van der Waals surface area contributed by atoms with Crippen LogP contribution in [0.5, 0.6) is 0 Å². The van der Waals surface area contributed by atoms with Gasteiger partial charge in [0, 0.05) is 23.0 Å². The van der Waals surface area contributed by atoms with Gasteiger partial charge in [-0.3, -0.25) is 4.98 Å². The summed E-state index contributed by atoms with van der Waals surface area (Å²) in [5, 5.41) is 34.2. The molecule has 2 aromatic heterocycles. The fourth-order valence-electron chi connectivity index (χ4n) is 4.03. The molecular formula is C27H16Cl2F2N8. The van der Waals surface area contributed by atoms with Gasteiger partial charge in [-0.1, -0.05) is 40.5 Å². The summed E-state index contributed by atoms with van der Waals surface area (Å²) in [6.45, 7) is 0.00990. The lowest BCUT2D eigenvalue weighted by atomic mass is 10.0. The van der Waals surface area contributed by atoms with Crippen molar-refractivity contribution in [3.63, 3.8) is 0 Å². The van der Waals surface area contributed by atoms with Crippen LogP contribution in [0, 0.1) is 34.3 Å². The van der Waals surface area contributed by atoms with Gasteiger partial charge in [0.1, 0.15) is 29.9 Å². The molecule has 0 radical (unpaired) electrons. The van der Waals surface area contributed by atoms with E-state index in [1.165, 1.54) is 41.2 Å². The van der Waals surface area contributed by atoms with E-state index in [1.54, 1.807) is 30.5 Å². The van der Waals surface area contributed by atoms with Gasteiger partial charge in [-0.15, -0.1) is 5.10 Å². The summed E-state index contributed by atoms with van der Waals surface area (Å²) < 4.78 is 28.8. The second kappa shape index (κ2) is 10.9. The summed E-state index contributed by atoms with van der Waals surface area (Å²) in [6.07, 6.45) is 3.01. The predicted octanol–water partition coefficient (Wildman–Crippen LogP) is 6.75. The van der Waals surface area contributed by atoms with Crippen molar-refractivity contribution in [1.29, 1.82) is 10.5 Å². The maximum absolute atomic E-state index is 13.7. The number of pyridine rings is 1. The van der Waals surface area contributed by atoms with Crippen molar-refractivity contribution in [2.24, 2.45) is 0 Å². The molecule has 0 aliphatic carbocycles. The highest BCUT2D eigenvalue weighted by Gasteiger charge is 2.20. The third-order valence-electron chi connectivity index (χ3n) is 5.83. The smallest absolute Gasteiger partial charge is 0.141 e. The Morgan fingerprint density at radius 3 is 2.46 bits per heavy atom. The average molecular weight is 561 g/mol. The van der Waals surface area contributed by atoms with Crippen molar-refractivity contribution >= 4 is 51.2 Å². The van der Waals surface area contributed by atoms with Crippen molar-refractivity contribution in [3.05, 3.63) is 105 Å². The lowest BCUT2D eigenvalue weighted by Gasteiger charge is -2.20. The maximum Gasteiger partial charge on any atom is 0.141 e. The third kappa shape index (κ3) is 5.43. The maximum atomic E-state index is 13.7. The van der Waals surface area contributed by atoms with Gasteiger partial charge < -0.3 is 10.6 Å². The average Bonchev–Trinajstić information content (AvgIpc) is 3.39. The molecule has 0 amide bonds. The first-order valence-corrected chi connectivity index (χ1v) is 12.1. The molecule has 0 bridgehead atoms. The number of fused-ring (bicyclic) bond motifs is 1. The molecule has 0 aliphatic heterocycles. The van der Waals surface area contributed by atoms with E-state index in [0.29, 0.717) is 44.2 Å². The number of nitrogens with one attached hydrogen (secondary N) is 2. The molecule has 3 aromatic carbocycles. The summed E-state index contributed by atoms with van der Waals surface area (Å²) in [7, 11) is 0. The molecule has 1 atom stereocenters. The normalized spacial score (nSPS) is 11.5. The zero-order valence-electron chi connectivity index (χ0n) is 19.8. The van der Waals surface area contributed by atoms with E-state index in [-0.39, 0.29) is 17.1 Å². The second-order valence-corrected chi connectivity index (χ2v) is 9.21. The third-order valence-corrected chi connectivity index (χ3v) is 6.41. The largest absolute Gasteiger partial charge is 0.373 e. The van der Waals surface area contributed by atoms with Crippen LogP contribution in [-0.2, 0) is 6.54 Å². The molecule has 192 valence electrons. The Kier molecular flexibility index (Phi) is 7.24. The van der Waals surface area contributed by atoms with Crippen LogP contribution >= 0.6 is 23.2 Å². The van der Waals surface area contributed by atoms with Gasteiger partial charge in [0.25, 0.3) is 0 Å². The zero-order valence-corrected chi connectivity index (χ0v) is 21.3. The Labute approximate surface area is 231 Å². The molecule has 0 spiro atoms. The minimum atomic E-state index is -0.592. The fraction of sp³-hybridized carbons (Fsp3) is 0.0741. The van der Waals surface area contributed by atoms with Crippen molar-refractivity contribution in [2.75, 3.05) is 10.6 Å². The molecular weight excluding hydrogens is 545 g/mol. The van der Waals surface area contributed by atoms with Gasteiger partial charge in [0.05, 0.1) is 45.1 Å². The quantitative estimate of drug-likeness (QED) is 0.226. The molecule has 12 heteroatoms. The number of aromatic nitrogens is 4. The Bertz CT molecular complexity index is 1770. The van der Waals surface area contributed by atoms with Gasteiger partial charge in [-0.25, -0.2) is 13.5 Å². The number of nitriles is 2. The van der Waals surface area contributed by atoms with Crippen LogP contribution in [0.1, 0.15) is 22.9 Å². The molecule has 2 heterocycles. The molecule has 0 saturated heterocycles. The lowest BCUT2D eigenvalue weighted by molar-refractivity contribution is 0.626. The molecule has 2 N–H and O–H groups in total. The summed E-state index contributed by atoms with van der Waals surface area (Å²) in [6, 6.07) is 16.9. The van der Waals surface area contributed by atoms with E-state index in [0.717, 1.165) is 0 Å². The number of anilines is 3. The van der Waals surface area contributed by atoms with Crippen molar-refractivity contribution in [2.45, 2.75) is 12.6 Å². The number of hydrogen-bond acceptors (Lipinski definition) is 7. The molecule has 8 nitrogen and oxygen atoms in total. The molecule has 5 rings (SSSR count). The summed E-state index contributed by atoms with van der Waals surface area (Å²) >= 11 is 12.6. The number of halogens is 4. The minimum absolute atomic E-state index is 0.00990. The summed E-state index contributed by atoms with van der Waals surface area (Å²) in [5.74, 6) is -0.971. The topological polar surface area (TPSA) is 115 Å². The van der Waals surface area contributed by atoms with E-state index in [9.17, 15) is 14.0 Å². The standard InChI is InChI=1S/C27H16Cl2F2N8/c28-21-10-18(5-6-23(21)31)35-25-16(12-33)13-34-27-20(25)9-19(11-22(27)29)36-26(15-1-3-17(30)4-2-15)24-14-39(8-7-32)38-37-24/h1-6,9-11,13-14,26,36H,8H2,(H,34,35)/t26-/m0/s1. The highest BCUT2D eigenvalue weighted by atomic mass is 35.5. The van der Waals surface area contributed by atoms with Gasteiger partial charge in [-0.2, -0.15) is 10.5 Å². The van der Waals surface area contributed by atoms with Gasteiger partial charge in [0.15, 0.2) is 0 Å². The monoisotopic (exact) mass is 560 g/mol. The SMILES string of the molecule is N#CCn1cc([C@@H](Nc2cc(Cl)c3ncc(C#N)c(Nc4ccc(F)c(Cl)c4)c3c2)c2ccc(F)cc2)nn1. The fourth-order valence-corrected chi connectivity index (χ4v) is 4.47. The summed E-state index contributed by atoms with van der Waals surface area (Å²) in [4.78, 5) is 4.35. The van der Waals surface area contributed by atoms with Crippen molar-refractivity contribution in [3.8, 4) is 12.1 Å².